The molecule has 156 valence electrons. The fourth-order valence-electron chi connectivity index (χ4n) is 7.45. The third-order valence-electron chi connectivity index (χ3n) is 9.14. The van der Waals surface area contributed by atoms with Crippen LogP contribution >= 0.6 is 0 Å². The molecule has 3 saturated carbocycles. The van der Waals surface area contributed by atoms with Gasteiger partial charge >= 0.3 is 6.09 Å². The van der Waals surface area contributed by atoms with Crippen LogP contribution in [0.2, 0.25) is 0 Å². The second-order valence-electron chi connectivity index (χ2n) is 10.3. The average Bonchev–Trinajstić information content (AvgIpc) is 3.26. The maximum absolute atomic E-state index is 12.7. The third-order valence-corrected chi connectivity index (χ3v) is 9.14. The molecular weight excluding hydrogens is 364 g/mol. The van der Waals surface area contributed by atoms with Crippen molar-refractivity contribution in [1.29, 1.82) is 0 Å². The topological polar surface area (TPSA) is 61.2 Å². The Morgan fingerprint density at radius 2 is 1.97 bits per heavy atom. The van der Waals surface area contributed by atoms with Gasteiger partial charge in [0.1, 0.15) is 11.9 Å². The monoisotopic (exact) mass is 396 g/mol. The second kappa shape index (κ2) is 6.55. The van der Waals surface area contributed by atoms with E-state index in [0.717, 1.165) is 32.1 Å². The Morgan fingerprint density at radius 3 is 2.72 bits per heavy atom. The molecule has 1 aromatic heterocycles. The Hall–Kier alpha value is -1.91. The van der Waals surface area contributed by atoms with Crippen molar-refractivity contribution < 1.29 is 14.3 Å². The molecule has 1 aromatic rings. The predicted molar refractivity (Wildman–Crippen MR) is 109 cm³/mol. The Morgan fingerprint density at radius 1 is 1.14 bits per heavy atom. The predicted octanol–water partition coefficient (Wildman–Crippen LogP) is 5.08. The first kappa shape index (κ1) is 19.1. The van der Waals surface area contributed by atoms with Crippen LogP contribution < -0.4 is 0 Å². The molecule has 0 amide bonds. The zero-order chi connectivity index (χ0) is 20.4. The first-order valence-electron chi connectivity index (χ1n) is 11.3. The van der Waals surface area contributed by atoms with Crippen molar-refractivity contribution in [3.05, 3.63) is 29.9 Å². The normalized spacial score (nSPS) is 41.2. The van der Waals surface area contributed by atoms with Crippen LogP contribution in [-0.4, -0.2) is 27.5 Å². The van der Waals surface area contributed by atoms with Gasteiger partial charge in [-0.25, -0.2) is 14.3 Å². The summed E-state index contributed by atoms with van der Waals surface area (Å²) in [6.07, 6.45) is 13.4. The minimum atomic E-state index is -0.291. The molecule has 0 spiro atoms. The maximum Gasteiger partial charge on any atom is 0.419 e. The van der Waals surface area contributed by atoms with Gasteiger partial charge in [0.2, 0.25) is 0 Å². The van der Waals surface area contributed by atoms with Crippen LogP contribution in [0.1, 0.15) is 71.0 Å². The number of hydrogen-bond donors (Lipinski definition) is 0. The van der Waals surface area contributed by atoms with Crippen LogP contribution in [0.4, 0.5) is 4.79 Å². The molecular formula is C24H32N2O3. The Labute approximate surface area is 172 Å². The van der Waals surface area contributed by atoms with E-state index in [1.54, 1.807) is 12.4 Å². The number of nitrogens with zero attached hydrogens (tertiary/aromatic N) is 2. The summed E-state index contributed by atoms with van der Waals surface area (Å²) in [7, 11) is 0. The number of aromatic nitrogens is 2. The van der Waals surface area contributed by atoms with Gasteiger partial charge in [-0.05, 0) is 81.1 Å². The van der Waals surface area contributed by atoms with E-state index in [0.29, 0.717) is 35.8 Å². The first-order valence-corrected chi connectivity index (χ1v) is 11.3. The fraction of sp³-hybridized carbons (Fsp3) is 0.708. The van der Waals surface area contributed by atoms with Crippen molar-refractivity contribution in [3.8, 4) is 0 Å². The summed E-state index contributed by atoms with van der Waals surface area (Å²) in [5, 5.41) is 0. The van der Waals surface area contributed by atoms with Gasteiger partial charge in [0, 0.05) is 24.2 Å². The summed E-state index contributed by atoms with van der Waals surface area (Å²) in [6.45, 7) is 6.60. The van der Waals surface area contributed by atoms with E-state index in [9.17, 15) is 9.59 Å². The highest BCUT2D eigenvalue weighted by molar-refractivity contribution is 5.91. The molecule has 0 radical (unpaired) electrons. The first-order chi connectivity index (χ1) is 13.8. The summed E-state index contributed by atoms with van der Waals surface area (Å²) in [5.41, 5.74) is 1.67. The molecule has 0 unspecified atom stereocenters. The molecule has 4 aliphatic carbocycles. The third kappa shape index (κ3) is 2.76. The van der Waals surface area contributed by atoms with E-state index in [1.165, 1.54) is 23.0 Å². The molecule has 0 N–H and O–H groups in total. The van der Waals surface area contributed by atoms with Gasteiger partial charge in [0.05, 0.1) is 0 Å². The van der Waals surface area contributed by atoms with E-state index >= 15 is 0 Å². The van der Waals surface area contributed by atoms with Gasteiger partial charge in [-0.2, -0.15) is 0 Å². The molecule has 0 bridgehead atoms. The van der Waals surface area contributed by atoms with Crippen molar-refractivity contribution in [3.63, 3.8) is 0 Å². The van der Waals surface area contributed by atoms with Crippen LogP contribution in [-0.2, 0) is 9.53 Å². The Balaban J connectivity index is 1.37. The van der Waals surface area contributed by atoms with Crippen molar-refractivity contribution >= 4 is 11.9 Å². The highest BCUT2D eigenvalue weighted by Gasteiger charge is 2.60. The van der Waals surface area contributed by atoms with Crippen LogP contribution in [0, 0.1) is 35.5 Å². The fourth-order valence-corrected chi connectivity index (χ4v) is 7.45. The van der Waals surface area contributed by atoms with E-state index in [-0.39, 0.29) is 23.0 Å². The van der Waals surface area contributed by atoms with Gasteiger partial charge in [-0.1, -0.05) is 19.4 Å². The number of allylic oxidation sites excluding steroid dienone is 1. The summed E-state index contributed by atoms with van der Waals surface area (Å²) in [4.78, 5) is 28.9. The second-order valence-corrected chi connectivity index (χ2v) is 10.3. The van der Waals surface area contributed by atoms with E-state index in [1.807, 2.05) is 13.0 Å². The Kier molecular flexibility index (Phi) is 4.31. The highest BCUT2D eigenvalue weighted by atomic mass is 16.6. The van der Waals surface area contributed by atoms with Crippen LogP contribution in [0.25, 0.3) is 0 Å². The lowest BCUT2D eigenvalue weighted by atomic mass is 9.47. The molecule has 29 heavy (non-hydrogen) atoms. The number of carbonyl (C=O) groups excluding carboxylic acids is 2. The van der Waals surface area contributed by atoms with Gasteiger partial charge in [0.25, 0.3) is 0 Å². The van der Waals surface area contributed by atoms with Crippen molar-refractivity contribution in [2.24, 2.45) is 28.6 Å². The largest absolute Gasteiger partial charge is 0.445 e. The zero-order valence-electron chi connectivity index (χ0n) is 17.8. The number of aryl methyl sites for hydroxylation is 1. The average molecular weight is 397 g/mol. The van der Waals surface area contributed by atoms with Crippen molar-refractivity contribution in [2.75, 3.05) is 0 Å². The lowest BCUT2D eigenvalue weighted by Crippen LogP contribution is -2.51. The lowest BCUT2D eigenvalue weighted by molar-refractivity contribution is -0.118. The van der Waals surface area contributed by atoms with E-state index in [4.69, 9.17) is 4.74 Å². The van der Waals surface area contributed by atoms with E-state index < -0.39 is 0 Å². The number of hydrogen-bond acceptors (Lipinski definition) is 4. The van der Waals surface area contributed by atoms with E-state index in [2.05, 4.69) is 18.8 Å². The number of rotatable bonds is 1. The van der Waals surface area contributed by atoms with Gasteiger partial charge in [0.15, 0.2) is 5.78 Å². The molecule has 0 aromatic carbocycles. The minimum absolute atomic E-state index is 0.0135. The molecule has 0 saturated heterocycles. The molecule has 3 fully saturated rings. The number of ketones is 1. The smallest absolute Gasteiger partial charge is 0.419 e. The molecule has 1 heterocycles. The SMILES string of the molecule is Cc1nccn1C(=O)O[C@H]1CC[C@H]2[C@@H]3CCC4=CC(=O)CC[C@]4(C)[C@H]3CC[C@]12C. The molecule has 5 heteroatoms. The maximum atomic E-state index is 12.7. The number of carbonyl (C=O) groups is 2. The molecule has 6 atom stereocenters. The lowest BCUT2D eigenvalue weighted by Gasteiger charge is -2.57. The van der Waals surface area contributed by atoms with Crippen LogP contribution in [0.15, 0.2) is 24.0 Å². The van der Waals surface area contributed by atoms with Crippen LogP contribution in [0.3, 0.4) is 0 Å². The Bertz CT molecular complexity index is 886. The summed E-state index contributed by atoms with van der Waals surface area (Å²) in [5.74, 6) is 2.95. The van der Waals surface area contributed by atoms with Crippen molar-refractivity contribution in [2.45, 2.75) is 78.2 Å². The molecule has 5 nitrogen and oxygen atoms in total. The van der Waals surface area contributed by atoms with Gasteiger partial charge in [-0.15, -0.1) is 0 Å². The highest BCUT2D eigenvalue weighted by Crippen LogP contribution is 2.65. The standard InChI is InChI=1S/C24H32N2O3/c1-15-25-12-13-26(15)22(28)29-21-7-6-19-18-5-4-16-14-17(27)8-10-23(16,2)20(18)9-11-24(19,21)3/h12-14,18-21H,4-11H2,1-3H3/t18-,19-,20-,21-,23-,24-/m0/s1. The van der Waals surface area contributed by atoms with Crippen LogP contribution in [0.5, 0.6) is 0 Å². The number of fused-ring (bicyclic) bond motifs is 5. The molecule has 4 aliphatic rings. The number of imidazole rings is 1. The molecule has 0 aliphatic heterocycles. The van der Waals surface area contributed by atoms with Crippen molar-refractivity contribution in [1.82, 2.24) is 9.55 Å². The van der Waals surface area contributed by atoms with Gasteiger partial charge < -0.3 is 4.74 Å². The van der Waals surface area contributed by atoms with Gasteiger partial charge in [-0.3, -0.25) is 4.79 Å². The minimum Gasteiger partial charge on any atom is -0.445 e. The summed E-state index contributed by atoms with van der Waals surface area (Å²) >= 11 is 0. The zero-order valence-corrected chi connectivity index (χ0v) is 17.8. The number of ether oxygens (including phenoxy) is 1. The summed E-state index contributed by atoms with van der Waals surface area (Å²) < 4.78 is 7.58. The quantitative estimate of drug-likeness (QED) is 0.664. The molecule has 5 rings (SSSR count). The summed E-state index contributed by atoms with van der Waals surface area (Å²) in [6, 6.07) is 0.